The second kappa shape index (κ2) is 41.4. The summed E-state index contributed by atoms with van der Waals surface area (Å²) in [5.41, 5.74) is 5.36. The minimum atomic E-state index is -4.28. The Balaban J connectivity index is 4.08. The van der Waals surface area contributed by atoms with Crippen molar-refractivity contribution >= 4 is 13.8 Å². The first kappa shape index (κ1) is 51.2. The zero-order valence-corrected chi connectivity index (χ0v) is 34.9. The number of carbonyl (C=O) groups excluding carboxylic acids is 1. The summed E-state index contributed by atoms with van der Waals surface area (Å²) >= 11 is 0. The Morgan fingerprint density at radius 2 is 1.06 bits per heavy atom. The van der Waals surface area contributed by atoms with Gasteiger partial charge in [-0.25, -0.2) is 4.57 Å². The van der Waals surface area contributed by atoms with Crippen LogP contribution in [-0.4, -0.2) is 49.9 Å². The molecule has 9 heteroatoms. The van der Waals surface area contributed by atoms with E-state index in [2.05, 4.69) is 74.6 Å². The molecule has 0 aliphatic carbocycles. The van der Waals surface area contributed by atoms with Gasteiger partial charge < -0.3 is 20.1 Å². The van der Waals surface area contributed by atoms with Gasteiger partial charge in [0.05, 0.1) is 19.8 Å². The van der Waals surface area contributed by atoms with E-state index in [0.717, 1.165) is 83.5 Å². The van der Waals surface area contributed by atoms with Crippen LogP contribution in [0.4, 0.5) is 0 Å². The van der Waals surface area contributed by atoms with E-state index in [9.17, 15) is 14.3 Å². The van der Waals surface area contributed by atoms with Gasteiger partial charge >= 0.3 is 13.8 Å². The van der Waals surface area contributed by atoms with Crippen LogP contribution in [-0.2, 0) is 27.9 Å². The zero-order chi connectivity index (χ0) is 38.8. The predicted octanol–water partition coefficient (Wildman–Crippen LogP) is 12.6. The molecule has 0 bridgehead atoms. The summed E-state index contributed by atoms with van der Waals surface area (Å²) in [5.74, 6) is -0.349. The lowest BCUT2D eigenvalue weighted by Gasteiger charge is -2.20. The maximum Gasteiger partial charge on any atom is 0.472 e. The Bertz CT molecular complexity index is 994. The molecule has 0 rings (SSSR count). The summed E-state index contributed by atoms with van der Waals surface area (Å²) in [7, 11) is -4.28. The first-order valence-corrected chi connectivity index (χ1v) is 22.8. The van der Waals surface area contributed by atoms with Crippen molar-refractivity contribution in [3.63, 3.8) is 0 Å². The summed E-state index contributed by atoms with van der Waals surface area (Å²) < 4.78 is 33.4. The van der Waals surface area contributed by atoms with E-state index in [0.29, 0.717) is 13.0 Å². The van der Waals surface area contributed by atoms with Gasteiger partial charge in [-0.1, -0.05) is 171 Å². The number of esters is 1. The van der Waals surface area contributed by atoms with Crippen LogP contribution in [0.2, 0.25) is 0 Å². The molecule has 2 atom stereocenters. The van der Waals surface area contributed by atoms with Crippen LogP contribution in [0.15, 0.2) is 60.8 Å². The summed E-state index contributed by atoms with van der Waals surface area (Å²) in [6.45, 7) is 4.78. The third-order valence-electron chi connectivity index (χ3n) is 8.70. The van der Waals surface area contributed by atoms with Gasteiger partial charge in [0.25, 0.3) is 0 Å². The molecule has 0 amide bonds. The van der Waals surface area contributed by atoms with Gasteiger partial charge in [-0.2, -0.15) is 0 Å². The molecule has 0 spiro atoms. The smallest absolute Gasteiger partial charge is 0.457 e. The van der Waals surface area contributed by atoms with Crippen LogP contribution >= 0.6 is 7.82 Å². The van der Waals surface area contributed by atoms with Crippen LogP contribution in [0.5, 0.6) is 0 Å². The van der Waals surface area contributed by atoms with Gasteiger partial charge in [0.2, 0.25) is 0 Å². The lowest BCUT2D eigenvalue weighted by atomic mass is 10.0. The van der Waals surface area contributed by atoms with E-state index >= 15 is 0 Å². The highest BCUT2D eigenvalue weighted by Crippen LogP contribution is 2.43. The lowest BCUT2D eigenvalue weighted by molar-refractivity contribution is -0.154. The van der Waals surface area contributed by atoms with Crippen LogP contribution < -0.4 is 5.73 Å². The van der Waals surface area contributed by atoms with E-state index in [1.54, 1.807) is 0 Å². The fourth-order valence-corrected chi connectivity index (χ4v) is 6.38. The summed E-state index contributed by atoms with van der Waals surface area (Å²) in [4.78, 5) is 22.5. The standard InChI is InChI=1S/C44H80NO7P/c1-3-5-7-9-11-13-15-17-18-19-20-21-22-23-24-25-27-29-31-33-35-37-44(46)52-43(42-51-53(47,48)50-40-38-45)41-49-39-36-34-32-30-28-26-16-14-12-10-8-6-4-2/h5,7,11,13,17-18,20-21,23-24,43H,3-4,6,8-10,12,14-16,19,22,25-42,45H2,1-2H3,(H,47,48)/b7-5-,13-11-,18-17-,21-20-,24-23-. The number of hydrogen-bond acceptors (Lipinski definition) is 7. The molecule has 0 aromatic carbocycles. The Labute approximate surface area is 325 Å². The number of carbonyl (C=O) groups is 1. The number of hydrogen-bond donors (Lipinski definition) is 2. The number of phosphoric acid groups is 1. The summed E-state index contributed by atoms with van der Waals surface area (Å²) in [6.07, 6.45) is 49.5. The van der Waals surface area contributed by atoms with E-state index in [1.807, 2.05) is 0 Å². The van der Waals surface area contributed by atoms with Gasteiger partial charge in [0, 0.05) is 19.6 Å². The largest absolute Gasteiger partial charge is 0.472 e. The van der Waals surface area contributed by atoms with Crippen molar-refractivity contribution in [1.82, 2.24) is 0 Å². The SMILES string of the molecule is CC/C=C\C/C=C\C/C=C\C/C=C\C/C=C\CCCCCCCC(=O)OC(COCCCCCCCCCCCCCCC)COP(=O)(O)OCCN. The molecule has 0 saturated carbocycles. The van der Waals surface area contributed by atoms with Crippen molar-refractivity contribution in [2.75, 3.05) is 33.0 Å². The molecule has 0 aromatic heterocycles. The Morgan fingerprint density at radius 3 is 1.58 bits per heavy atom. The van der Waals surface area contributed by atoms with E-state index in [-0.39, 0.29) is 32.3 Å². The van der Waals surface area contributed by atoms with Crippen molar-refractivity contribution in [2.45, 2.75) is 180 Å². The number of allylic oxidation sites excluding steroid dienone is 10. The van der Waals surface area contributed by atoms with Crippen molar-refractivity contribution in [1.29, 1.82) is 0 Å². The number of rotatable bonds is 40. The van der Waals surface area contributed by atoms with Crippen LogP contribution in [0, 0.1) is 0 Å². The highest BCUT2D eigenvalue weighted by molar-refractivity contribution is 7.47. The molecule has 308 valence electrons. The highest BCUT2D eigenvalue weighted by Gasteiger charge is 2.25. The summed E-state index contributed by atoms with van der Waals surface area (Å²) in [5, 5.41) is 0. The molecule has 0 saturated heterocycles. The molecule has 0 aliphatic heterocycles. The topological polar surface area (TPSA) is 117 Å². The maximum absolute atomic E-state index is 12.6. The van der Waals surface area contributed by atoms with Crippen LogP contribution in [0.25, 0.3) is 0 Å². The number of unbranched alkanes of at least 4 members (excludes halogenated alkanes) is 17. The Morgan fingerprint density at radius 1 is 0.585 bits per heavy atom. The molecular formula is C44H80NO7P. The van der Waals surface area contributed by atoms with Crippen LogP contribution in [0.1, 0.15) is 174 Å². The van der Waals surface area contributed by atoms with E-state index in [1.165, 1.54) is 70.6 Å². The van der Waals surface area contributed by atoms with Crippen molar-refractivity contribution in [3.05, 3.63) is 60.8 Å². The molecule has 8 nitrogen and oxygen atoms in total. The first-order valence-electron chi connectivity index (χ1n) is 21.3. The van der Waals surface area contributed by atoms with Gasteiger partial charge in [-0.05, 0) is 57.8 Å². The van der Waals surface area contributed by atoms with Crippen molar-refractivity contribution in [3.8, 4) is 0 Å². The third-order valence-corrected chi connectivity index (χ3v) is 9.68. The Hall–Kier alpha value is -1.80. The second-order valence-corrected chi connectivity index (χ2v) is 15.3. The lowest BCUT2D eigenvalue weighted by Crippen LogP contribution is -2.28. The number of nitrogens with two attached hydrogens (primary N) is 1. The highest BCUT2D eigenvalue weighted by atomic mass is 31.2. The molecule has 0 fully saturated rings. The molecule has 0 heterocycles. The second-order valence-electron chi connectivity index (χ2n) is 13.8. The normalized spacial score (nSPS) is 14.1. The van der Waals surface area contributed by atoms with E-state index < -0.39 is 13.9 Å². The minimum absolute atomic E-state index is 0.0952. The van der Waals surface area contributed by atoms with Gasteiger partial charge in [0.15, 0.2) is 0 Å². The fraction of sp³-hybridized carbons (Fsp3) is 0.750. The third kappa shape index (κ3) is 41.2. The summed E-state index contributed by atoms with van der Waals surface area (Å²) in [6, 6.07) is 0. The average Bonchev–Trinajstić information content (AvgIpc) is 3.15. The monoisotopic (exact) mass is 766 g/mol. The average molecular weight is 766 g/mol. The van der Waals surface area contributed by atoms with Gasteiger partial charge in [0.1, 0.15) is 6.10 Å². The fourth-order valence-electron chi connectivity index (χ4n) is 5.61. The van der Waals surface area contributed by atoms with Crippen molar-refractivity contribution in [2.24, 2.45) is 5.73 Å². The van der Waals surface area contributed by atoms with Gasteiger partial charge in [-0.3, -0.25) is 13.8 Å². The van der Waals surface area contributed by atoms with Crippen molar-refractivity contribution < 1.29 is 32.8 Å². The molecular weight excluding hydrogens is 685 g/mol. The molecule has 0 radical (unpaired) electrons. The maximum atomic E-state index is 12.6. The predicted molar refractivity (Wildman–Crippen MR) is 224 cm³/mol. The molecule has 53 heavy (non-hydrogen) atoms. The van der Waals surface area contributed by atoms with Crippen LogP contribution in [0.3, 0.4) is 0 Å². The molecule has 0 aliphatic rings. The minimum Gasteiger partial charge on any atom is -0.457 e. The van der Waals surface area contributed by atoms with Gasteiger partial charge in [-0.15, -0.1) is 0 Å². The number of ether oxygens (including phenoxy) is 2. The quantitative estimate of drug-likeness (QED) is 0.0274. The number of phosphoric ester groups is 1. The van der Waals surface area contributed by atoms with E-state index in [4.69, 9.17) is 24.3 Å². The molecule has 0 aromatic rings. The Kier molecular flexibility index (Phi) is 40.0. The molecule has 2 unspecified atom stereocenters. The molecule has 3 N–H and O–H groups in total. The first-order chi connectivity index (χ1) is 25.9. The zero-order valence-electron chi connectivity index (χ0n) is 34.0.